The molecule has 1 N–H and O–H groups in total. The Balaban J connectivity index is 1.66. The number of anilines is 1. The third-order valence-electron chi connectivity index (χ3n) is 5.08. The molecular weight excluding hydrogens is 330 g/mol. The van der Waals surface area contributed by atoms with Crippen LogP contribution in [0.1, 0.15) is 18.5 Å². The van der Waals surface area contributed by atoms with E-state index >= 15 is 0 Å². The number of nitriles is 1. The van der Waals surface area contributed by atoms with Crippen molar-refractivity contribution in [3.63, 3.8) is 0 Å². The number of aliphatic carboxylic acids is 1. The third-order valence-corrected chi connectivity index (χ3v) is 5.08. The summed E-state index contributed by atoms with van der Waals surface area (Å²) in [5.41, 5.74) is 0.949. The van der Waals surface area contributed by atoms with E-state index in [4.69, 9.17) is 5.26 Å². The van der Waals surface area contributed by atoms with Gasteiger partial charge in [-0.2, -0.15) is 5.26 Å². The highest BCUT2D eigenvalue weighted by Gasteiger charge is 2.44. The highest BCUT2D eigenvalue weighted by molar-refractivity contribution is 5.82. The summed E-state index contributed by atoms with van der Waals surface area (Å²) in [6.07, 6.45) is 2.49. The van der Waals surface area contributed by atoms with Crippen LogP contribution in [0, 0.1) is 11.3 Å². The minimum Gasteiger partial charge on any atom is -0.479 e. The summed E-state index contributed by atoms with van der Waals surface area (Å²) in [6.45, 7) is 1.08. The van der Waals surface area contributed by atoms with Crippen molar-refractivity contribution >= 4 is 22.8 Å². The fraction of sp³-hybridized carbons (Fsp3) is 0.263. The van der Waals surface area contributed by atoms with E-state index in [-0.39, 0.29) is 0 Å². The van der Waals surface area contributed by atoms with E-state index < -0.39 is 11.5 Å². The van der Waals surface area contributed by atoms with Gasteiger partial charge in [-0.15, -0.1) is 0 Å². The summed E-state index contributed by atoms with van der Waals surface area (Å²) >= 11 is 0. The van der Waals surface area contributed by atoms with Crippen LogP contribution < -0.4 is 4.90 Å². The monoisotopic (exact) mass is 347 g/mol. The number of hydrogen-bond acceptors (Lipinski definition) is 5. The van der Waals surface area contributed by atoms with Crippen molar-refractivity contribution in [2.75, 3.05) is 18.0 Å². The molecule has 7 heteroatoms. The number of pyridine rings is 1. The van der Waals surface area contributed by atoms with Gasteiger partial charge in [-0.3, -0.25) is 0 Å². The first-order chi connectivity index (χ1) is 12.6. The third kappa shape index (κ3) is 2.47. The van der Waals surface area contributed by atoms with Gasteiger partial charge in [0.15, 0.2) is 0 Å². The molecule has 0 aliphatic carbocycles. The molecule has 0 radical (unpaired) electrons. The maximum Gasteiger partial charge on any atom is 0.330 e. The average Bonchev–Trinajstić information content (AvgIpc) is 3.12. The van der Waals surface area contributed by atoms with Crippen LogP contribution in [0.4, 0.5) is 5.82 Å². The molecule has 3 heterocycles. The molecule has 1 aliphatic heterocycles. The fourth-order valence-electron chi connectivity index (χ4n) is 3.63. The second kappa shape index (κ2) is 6.15. The van der Waals surface area contributed by atoms with E-state index in [9.17, 15) is 9.90 Å². The van der Waals surface area contributed by atoms with E-state index in [2.05, 4.69) is 9.97 Å². The Hall–Kier alpha value is -3.40. The van der Waals surface area contributed by atoms with E-state index in [1.54, 1.807) is 23.0 Å². The predicted molar refractivity (Wildman–Crippen MR) is 95.7 cm³/mol. The molecule has 26 heavy (non-hydrogen) atoms. The lowest BCUT2D eigenvalue weighted by Crippen LogP contribution is -2.51. The number of fused-ring (bicyclic) bond motifs is 1. The molecule has 2 aromatic heterocycles. The van der Waals surface area contributed by atoms with Crippen molar-refractivity contribution in [3.8, 4) is 6.07 Å². The molecule has 3 aromatic rings. The topological polar surface area (TPSA) is 95.0 Å². The summed E-state index contributed by atoms with van der Waals surface area (Å²) in [5.74, 6) is -0.141. The predicted octanol–water partition coefficient (Wildman–Crippen LogP) is 2.38. The Morgan fingerprint density at radius 1 is 1.15 bits per heavy atom. The summed E-state index contributed by atoms with van der Waals surface area (Å²) in [4.78, 5) is 22.9. The van der Waals surface area contributed by atoms with Gasteiger partial charge in [0.25, 0.3) is 0 Å². The van der Waals surface area contributed by atoms with Crippen LogP contribution in [0.2, 0.25) is 0 Å². The minimum absolute atomic E-state index is 0.359. The van der Waals surface area contributed by atoms with Crippen LogP contribution in [0.15, 0.2) is 48.8 Å². The molecule has 0 amide bonds. The molecule has 0 atom stereocenters. The molecule has 1 aromatic carbocycles. The Labute approximate surface area is 150 Å². The Morgan fingerprint density at radius 2 is 1.92 bits per heavy atom. The van der Waals surface area contributed by atoms with E-state index in [1.165, 1.54) is 0 Å². The molecule has 4 rings (SSSR count). The molecule has 0 spiro atoms. The summed E-state index contributed by atoms with van der Waals surface area (Å²) < 4.78 is 1.79. The van der Waals surface area contributed by atoms with Gasteiger partial charge in [0, 0.05) is 13.1 Å². The molecule has 1 saturated heterocycles. The van der Waals surface area contributed by atoms with E-state index in [0.717, 1.165) is 11.0 Å². The zero-order chi connectivity index (χ0) is 18.1. The number of carbonyl (C=O) groups is 1. The van der Waals surface area contributed by atoms with Gasteiger partial charge in [0.05, 0.1) is 17.4 Å². The number of carboxylic acid groups (broad SMARTS) is 1. The fourth-order valence-corrected chi connectivity index (χ4v) is 3.63. The number of para-hydroxylation sites is 2. The number of piperidine rings is 1. The van der Waals surface area contributed by atoms with Gasteiger partial charge in [0.1, 0.15) is 23.1 Å². The smallest absolute Gasteiger partial charge is 0.330 e. The highest BCUT2D eigenvalue weighted by atomic mass is 16.4. The summed E-state index contributed by atoms with van der Waals surface area (Å²) in [5, 5.41) is 19.1. The van der Waals surface area contributed by atoms with Crippen molar-refractivity contribution in [2.45, 2.75) is 18.4 Å². The van der Waals surface area contributed by atoms with E-state index in [1.807, 2.05) is 41.3 Å². The van der Waals surface area contributed by atoms with Gasteiger partial charge in [-0.1, -0.05) is 18.2 Å². The minimum atomic E-state index is -1.03. The standard InChI is InChI=1S/C19H17N5O2/c20-12-14-4-3-7-17(22-14)23-10-8-19(9-11-23,18(25)26)24-13-21-15-5-1-2-6-16(15)24/h1-7,13H,8-11H2,(H,25,26). The molecular formula is C19H17N5O2. The molecule has 0 saturated carbocycles. The van der Waals surface area contributed by atoms with Crippen molar-refractivity contribution in [1.82, 2.24) is 14.5 Å². The SMILES string of the molecule is N#Cc1cccc(N2CCC(C(=O)O)(n3cnc4ccccc43)CC2)n1. The molecule has 1 aliphatic rings. The number of imidazole rings is 1. The van der Waals surface area contributed by atoms with Crippen LogP contribution in [0.3, 0.4) is 0 Å². The zero-order valence-electron chi connectivity index (χ0n) is 14.0. The maximum atomic E-state index is 12.2. The Kier molecular flexibility index (Phi) is 3.81. The van der Waals surface area contributed by atoms with Crippen LogP contribution in [-0.2, 0) is 10.3 Å². The first-order valence-electron chi connectivity index (χ1n) is 8.42. The summed E-state index contributed by atoms with van der Waals surface area (Å²) in [7, 11) is 0. The second-order valence-corrected chi connectivity index (χ2v) is 6.42. The number of carboxylic acids is 1. The molecule has 0 bridgehead atoms. The number of rotatable bonds is 3. The first-order valence-corrected chi connectivity index (χ1v) is 8.42. The first kappa shape index (κ1) is 16.1. The highest BCUT2D eigenvalue weighted by Crippen LogP contribution is 2.34. The van der Waals surface area contributed by atoms with Crippen molar-refractivity contribution in [3.05, 3.63) is 54.5 Å². The lowest BCUT2D eigenvalue weighted by molar-refractivity contribution is -0.148. The van der Waals surface area contributed by atoms with Gasteiger partial charge in [-0.05, 0) is 37.1 Å². The van der Waals surface area contributed by atoms with Crippen LogP contribution in [0.25, 0.3) is 11.0 Å². The van der Waals surface area contributed by atoms with Gasteiger partial charge >= 0.3 is 5.97 Å². The lowest BCUT2D eigenvalue weighted by atomic mass is 9.87. The van der Waals surface area contributed by atoms with Crippen molar-refractivity contribution in [1.29, 1.82) is 5.26 Å². The Bertz CT molecular complexity index is 1010. The van der Waals surface area contributed by atoms with Gasteiger partial charge < -0.3 is 14.6 Å². The molecule has 130 valence electrons. The van der Waals surface area contributed by atoms with Crippen molar-refractivity contribution < 1.29 is 9.90 Å². The molecule has 7 nitrogen and oxygen atoms in total. The molecule has 0 unspecified atom stereocenters. The van der Waals surface area contributed by atoms with Gasteiger partial charge in [0.2, 0.25) is 0 Å². The van der Waals surface area contributed by atoms with E-state index in [0.29, 0.717) is 37.4 Å². The summed E-state index contributed by atoms with van der Waals surface area (Å²) in [6, 6.07) is 14.9. The normalized spacial score (nSPS) is 16.3. The lowest BCUT2D eigenvalue weighted by Gasteiger charge is -2.40. The number of nitrogens with zero attached hydrogens (tertiary/aromatic N) is 5. The number of benzene rings is 1. The number of aromatic nitrogens is 3. The number of hydrogen-bond donors (Lipinski definition) is 1. The quantitative estimate of drug-likeness (QED) is 0.781. The van der Waals surface area contributed by atoms with Crippen LogP contribution in [-0.4, -0.2) is 38.7 Å². The maximum absolute atomic E-state index is 12.2. The average molecular weight is 347 g/mol. The molecule has 1 fully saturated rings. The largest absolute Gasteiger partial charge is 0.479 e. The van der Waals surface area contributed by atoms with Crippen LogP contribution >= 0.6 is 0 Å². The zero-order valence-corrected chi connectivity index (χ0v) is 14.0. The second-order valence-electron chi connectivity index (χ2n) is 6.42. The van der Waals surface area contributed by atoms with Crippen molar-refractivity contribution in [2.24, 2.45) is 0 Å². The van der Waals surface area contributed by atoms with Gasteiger partial charge in [-0.25, -0.2) is 14.8 Å². The Morgan fingerprint density at radius 3 is 2.65 bits per heavy atom. The van der Waals surface area contributed by atoms with Crippen LogP contribution in [0.5, 0.6) is 0 Å².